The van der Waals surface area contributed by atoms with Gasteiger partial charge in [0.15, 0.2) is 5.96 Å². The molecule has 2 aromatic rings. The number of guanidine groups is 1. The van der Waals surface area contributed by atoms with E-state index in [0.29, 0.717) is 25.6 Å². The highest BCUT2D eigenvalue weighted by Gasteiger charge is 2.06. The van der Waals surface area contributed by atoms with Crippen molar-refractivity contribution in [2.45, 2.75) is 33.9 Å². The molecule has 1 aromatic carbocycles. The fraction of sp³-hybridized carbons (Fsp3) is 0.400. The molecule has 6 nitrogen and oxygen atoms in total. The Balaban J connectivity index is 2.08. The summed E-state index contributed by atoms with van der Waals surface area (Å²) in [6, 6.07) is 10.1. The van der Waals surface area contributed by atoms with Crippen molar-refractivity contribution in [3.8, 4) is 11.6 Å². The van der Waals surface area contributed by atoms with Gasteiger partial charge in [0.25, 0.3) is 0 Å². The van der Waals surface area contributed by atoms with Crippen LogP contribution in [-0.4, -0.2) is 31.2 Å². The second-order valence-electron chi connectivity index (χ2n) is 5.76. The summed E-state index contributed by atoms with van der Waals surface area (Å²) in [5, 5.41) is 6.61. The molecular weight excluding hydrogens is 328 g/mol. The molecule has 0 bridgehead atoms. The maximum atomic E-state index is 5.56. The molecule has 0 aliphatic heterocycles. The number of hydrogen-bond acceptors (Lipinski definition) is 4. The van der Waals surface area contributed by atoms with Gasteiger partial charge in [-0.1, -0.05) is 18.2 Å². The van der Waals surface area contributed by atoms with Crippen molar-refractivity contribution in [3.63, 3.8) is 0 Å². The van der Waals surface area contributed by atoms with Gasteiger partial charge in [-0.25, -0.2) is 9.98 Å². The summed E-state index contributed by atoms with van der Waals surface area (Å²) in [6.07, 6.45) is 1.73. The van der Waals surface area contributed by atoms with Crippen molar-refractivity contribution in [1.82, 2.24) is 15.6 Å². The molecule has 0 unspecified atom stereocenters. The predicted octanol–water partition coefficient (Wildman–Crippen LogP) is 3.05. The van der Waals surface area contributed by atoms with Crippen molar-refractivity contribution >= 4 is 5.96 Å². The van der Waals surface area contributed by atoms with Crippen molar-refractivity contribution in [1.29, 1.82) is 0 Å². The monoisotopic (exact) mass is 356 g/mol. The molecule has 1 heterocycles. The van der Waals surface area contributed by atoms with Crippen LogP contribution in [0.5, 0.6) is 11.6 Å². The van der Waals surface area contributed by atoms with Crippen LogP contribution in [-0.2, 0) is 13.1 Å². The largest absolute Gasteiger partial charge is 0.496 e. The Labute approximate surface area is 155 Å². The summed E-state index contributed by atoms with van der Waals surface area (Å²) >= 11 is 0. The molecule has 2 N–H and O–H groups in total. The van der Waals surface area contributed by atoms with Crippen molar-refractivity contribution in [2.75, 3.05) is 20.3 Å². The SMILES string of the molecule is CCNC(=NCc1cccnc1OCC)NCc1ccc(C)cc1OC. The minimum atomic E-state index is 0.490. The molecular formula is C20H28N4O2. The lowest BCUT2D eigenvalue weighted by Gasteiger charge is -2.14. The number of methoxy groups -OCH3 is 1. The third kappa shape index (κ3) is 5.65. The lowest BCUT2D eigenvalue weighted by molar-refractivity contribution is 0.323. The highest BCUT2D eigenvalue weighted by molar-refractivity contribution is 5.79. The first-order valence-electron chi connectivity index (χ1n) is 8.90. The van der Waals surface area contributed by atoms with E-state index in [1.54, 1.807) is 13.3 Å². The molecule has 0 aliphatic carbocycles. The van der Waals surface area contributed by atoms with E-state index in [1.165, 1.54) is 5.56 Å². The number of nitrogens with one attached hydrogen (secondary N) is 2. The number of ether oxygens (including phenoxy) is 2. The summed E-state index contributed by atoms with van der Waals surface area (Å²) in [4.78, 5) is 8.92. The minimum absolute atomic E-state index is 0.490. The number of aryl methyl sites for hydroxylation is 1. The zero-order valence-electron chi connectivity index (χ0n) is 16.0. The van der Waals surface area contributed by atoms with Gasteiger partial charge in [-0.15, -0.1) is 0 Å². The van der Waals surface area contributed by atoms with E-state index in [9.17, 15) is 0 Å². The number of hydrogen-bond donors (Lipinski definition) is 2. The smallest absolute Gasteiger partial charge is 0.218 e. The summed E-state index contributed by atoms with van der Waals surface area (Å²) in [7, 11) is 1.69. The van der Waals surface area contributed by atoms with E-state index in [0.717, 1.165) is 29.4 Å². The predicted molar refractivity (Wildman–Crippen MR) is 105 cm³/mol. The zero-order chi connectivity index (χ0) is 18.8. The molecule has 0 fully saturated rings. The summed E-state index contributed by atoms with van der Waals surface area (Å²) in [5.74, 6) is 2.25. The van der Waals surface area contributed by atoms with Gasteiger partial charge in [0.05, 0.1) is 20.3 Å². The van der Waals surface area contributed by atoms with Gasteiger partial charge in [0, 0.05) is 30.4 Å². The Morgan fingerprint density at radius 1 is 1.15 bits per heavy atom. The van der Waals surface area contributed by atoms with Gasteiger partial charge in [0.1, 0.15) is 5.75 Å². The van der Waals surface area contributed by atoms with Crippen LogP contribution in [0.3, 0.4) is 0 Å². The third-order valence-corrected chi connectivity index (χ3v) is 3.77. The molecule has 0 radical (unpaired) electrons. The molecule has 0 amide bonds. The normalized spacial score (nSPS) is 11.2. The van der Waals surface area contributed by atoms with Crippen LogP contribution in [0.15, 0.2) is 41.5 Å². The van der Waals surface area contributed by atoms with E-state index in [4.69, 9.17) is 9.47 Å². The third-order valence-electron chi connectivity index (χ3n) is 3.77. The van der Waals surface area contributed by atoms with Crippen LogP contribution in [0.25, 0.3) is 0 Å². The second kappa shape index (κ2) is 10.3. The molecule has 6 heteroatoms. The Morgan fingerprint density at radius 3 is 2.73 bits per heavy atom. The summed E-state index contributed by atoms with van der Waals surface area (Å²) in [5.41, 5.74) is 3.21. The van der Waals surface area contributed by atoms with Gasteiger partial charge in [0.2, 0.25) is 5.88 Å². The van der Waals surface area contributed by atoms with Crippen LogP contribution in [0, 0.1) is 6.92 Å². The minimum Gasteiger partial charge on any atom is -0.496 e. The van der Waals surface area contributed by atoms with Crippen LogP contribution in [0.2, 0.25) is 0 Å². The number of nitrogens with zero attached hydrogens (tertiary/aromatic N) is 2. The first-order chi connectivity index (χ1) is 12.7. The fourth-order valence-electron chi connectivity index (χ4n) is 2.49. The topological polar surface area (TPSA) is 67.8 Å². The van der Waals surface area contributed by atoms with Crippen molar-refractivity contribution in [2.24, 2.45) is 4.99 Å². The average Bonchev–Trinajstić information content (AvgIpc) is 2.66. The van der Waals surface area contributed by atoms with Crippen molar-refractivity contribution in [3.05, 3.63) is 53.2 Å². The molecule has 1 aromatic heterocycles. The molecule has 140 valence electrons. The van der Waals surface area contributed by atoms with E-state index in [-0.39, 0.29) is 0 Å². The quantitative estimate of drug-likeness (QED) is 0.562. The van der Waals surface area contributed by atoms with Gasteiger partial charge >= 0.3 is 0 Å². The van der Waals surface area contributed by atoms with E-state index in [2.05, 4.69) is 39.7 Å². The first-order valence-corrected chi connectivity index (χ1v) is 8.90. The van der Waals surface area contributed by atoms with Crippen LogP contribution >= 0.6 is 0 Å². The van der Waals surface area contributed by atoms with Gasteiger partial charge in [-0.3, -0.25) is 0 Å². The molecule has 0 spiro atoms. The molecule has 0 aliphatic rings. The average molecular weight is 356 g/mol. The molecule has 0 atom stereocenters. The highest BCUT2D eigenvalue weighted by atomic mass is 16.5. The standard InChI is InChI=1S/C20H28N4O2/c1-5-21-20(23-13-16-10-9-15(3)12-18(16)25-4)24-14-17-8-7-11-22-19(17)26-6-2/h7-12H,5-6,13-14H2,1-4H3,(H2,21,23,24). The van der Waals surface area contributed by atoms with Crippen LogP contribution in [0.1, 0.15) is 30.5 Å². The van der Waals surface area contributed by atoms with E-state index in [1.807, 2.05) is 32.0 Å². The highest BCUT2D eigenvalue weighted by Crippen LogP contribution is 2.19. The molecule has 26 heavy (non-hydrogen) atoms. The fourth-order valence-corrected chi connectivity index (χ4v) is 2.49. The molecule has 2 rings (SSSR count). The van der Waals surface area contributed by atoms with Gasteiger partial charge in [-0.2, -0.15) is 0 Å². The lowest BCUT2D eigenvalue weighted by atomic mass is 10.1. The number of pyridine rings is 1. The van der Waals surface area contributed by atoms with Crippen LogP contribution in [0.4, 0.5) is 0 Å². The zero-order valence-corrected chi connectivity index (χ0v) is 16.0. The Kier molecular flexibility index (Phi) is 7.74. The molecule has 0 saturated heterocycles. The lowest BCUT2D eigenvalue weighted by Crippen LogP contribution is -2.36. The first kappa shape index (κ1) is 19.6. The Bertz CT molecular complexity index is 732. The Morgan fingerprint density at radius 2 is 2.00 bits per heavy atom. The maximum Gasteiger partial charge on any atom is 0.218 e. The maximum absolute atomic E-state index is 5.56. The number of aromatic nitrogens is 1. The van der Waals surface area contributed by atoms with Gasteiger partial charge in [-0.05, 0) is 38.5 Å². The number of aliphatic imine (C=N–C) groups is 1. The van der Waals surface area contributed by atoms with Gasteiger partial charge < -0.3 is 20.1 Å². The summed E-state index contributed by atoms with van der Waals surface area (Å²) < 4.78 is 11.0. The second-order valence-corrected chi connectivity index (χ2v) is 5.76. The molecule has 0 saturated carbocycles. The van der Waals surface area contributed by atoms with E-state index < -0.39 is 0 Å². The van der Waals surface area contributed by atoms with Crippen molar-refractivity contribution < 1.29 is 9.47 Å². The summed E-state index contributed by atoms with van der Waals surface area (Å²) in [6.45, 7) is 8.52. The van der Waals surface area contributed by atoms with Crippen LogP contribution < -0.4 is 20.1 Å². The van der Waals surface area contributed by atoms with E-state index >= 15 is 0 Å². The number of benzene rings is 1. The Hall–Kier alpha value is -2.76. The number of rotatable bonds is 8.